The van der Waals surface area contributed by atoms with Crippen molar-refractivity contribution in [3.8, 4) is 22.6 Å². The van der Waals surface area contributed by atoms with Crippen LogP contribution in [0.1, 0.15) is 5.69 Å². The third kappa shape index (κ3) is 5.24. The van der Waals surface area contributed by atoms with Crippen molar-refractivity contribution in [2.45, 2.75) is 6.92 Å². The molecular formula is C21H19BrClN9O2. The first-order valence-electron chi connectivity index (χ1n) is 10.1. The molecule has 5 N–H and O–H groups in total. The molecule has 0 aliphatic rings. The molecule has 0 spiro atoms. The second-order valence-corrected chi connectivity index (χ2v) is 8.50. The zero-order valence-corrected chi connectivity index (χ0v) is 20.2. The number of imidazole rings is 1. The lowest BCUT2D eigenvalue weighted by molar-refractivity contribution is -0.384. The van der Waals surface area contributed by atoms with Gasteiger partial charge in [-0.1, -0.05) is 33.6 Å². The normalized spacial score (nSPS) is 10.8. The van der Waals surface area contributed by atoms with Crippen LogP contribution < -0.4 is 16.4 Å². The molecule has 174 valence electrons. The summed E-state index contributed by atoms with van der Waals surface area (Å²) in [6, 6.07) is 8.38. The number of nitrogens with zero attached hydrogens (tertiary/aromatic N) is 5. The Balaban J connectivity index is 1.51. The van der Waals surface area contributed by atoms with Crippen molar-refractivity contribution in [3.05, 3.63) is 68.0 Å². The zero-order chi connectivity index (χ0) is 24.2. The Morgan fingerprint density at radius 2 is 1.94 bits per heavy atom. The molecule has 0 saturated heterocycles. The molecule has 0 bridgehead atoms. The standard InChI is InChI=1S/C21H19BrClN9O2/c1-11-9-27-20(29-11)14-10-28-21(31-18(14)13-3-2-12(22)8-15(13)23)26-7-6-25-17-5-4-16(32(33)34)19(24)30-17/h2-5,8-10H,6-7H2,1H3,(H,27,29)(H3,24,25,30)(H,26,28,31). The van der Waals surface area contributed by atoms with E-state index in [1.807, 2.05) is 19.1 Å². The molecule has 4 aromatic rings. The number of nitrogens with two attached hydrogens (primary N) is 1. The Kier molecular flexibility index (Phi) is 6.89. The number of nitrogens with one attached hydrogen (secondary N) is 3. The number of hydrogen-bond acceptors (Lipinski definition) is 9. The van der Waals surface area contributed by atoms with Crippen LogP contribution >= 0.6 is 27.5 Å². The number of hydrogen-bond donors (Lipinski definition) is 4. The minimum Gasteiger partial charge on any atom is -0.378 e. The highest BCUT2D eigenvalue weighted by atomic mass is 79.9. The van der Waals surface area contributed by atoms with Crippen LogP contribution in [0.4, 0.5) is 23.3 Å². The van der Waals surface area contributed by atoms with Crippen molar-refractivity contribution in [2.24, 2.45) is 0 Å². The highest BCUT2D eigenvalue weighted by Crippen LogP contribution is 2.35. The third-order valence-electron chi connectivity index (χ3n) is 4.75. The second-order valence-electron chi connectivity index (χ2n) is 7.18. The number of H-pyrrole nitrogens is 1. The van der Waals surface area contributed by atoms with Crippen molar-refractivity contribution >= 4 is 50.8 Å². The van der Waals surface area contributed by atoms with E-state index in [2.05, 4.69) is 51.5 Å². The van der Waals surface area contributed by atoms with Crippen LogP contribution in [0, 0.1) is 17.0 Å². The fourth-order valence-electron chi connectivity index (χ4n) is 3.16. The monoisotopic (exact) mass is 543 g/mol. The van der Waals surface area contributed by atoms with Crippen LogP contribution in [0.3, 0.4) is 0 Å². The van der Waals surface area contributed by atoms with E-state index in [4.69, 9.17) is 17.3 Å². The molecule has 0 unspecified atom stereocenters. The summed E-state index contributed by atoms with van der Waals surface area (Å²) in [6.45, 7) is 2.79. The van der Waals surface area contributed by atoms with Crippen molar-refractivity contribution in [3.63, 3.8) is 0 Å². The van der Waals surface area contributed by atoms with Gasteiger partial charge in [0.25, 0.3) is 0 Å². The summed E-state index contributed by atoms with van der Waals surface area (Å²) >= 11 is 9.93. The van der Waals surface area contributed by atoms with Gasteiger partial charge in [-0.2, -0.15) is 0 Å². The summed E-state index contributed by atoms with van der Waals surface area (Å²) in [6.07, 6.45) is 3.49. The molecule has 0 radical (unpaired) electrons. The minimum atomic E-state index is -0.575. The first kappa shape index (κ1) is 23.4. The van der Waals surface area contributed by atoms with Gasteiger partial charge >= 0.3 is 5.69 Å². The average Bonchev–Trinajstić information content (AvgIpc) is 3.22. The maximum Gasteiger partial charge on any atom is 0.311 e. The maximum absolute atomic E-state index is 10.9. The van der Waals surface area contributed by atoms with E-state index in [1.54, 1.807) is 18.5 Å². The number of aromatic nitrogens is 5. The average molecular weight is 545 g/mol. The molecule has 11 nitrogen and oxygen atoms in total. The van der Waals surface area contributed by atoms with Crippen LogP contribution in [0.15, 0.2) is 47.2 Å². The van der Waals surface area contributed by atoms with Gasteiger partial charge in [-0.15, -0.1) is 0 Å². The second kappa shape index (κ2) is 10.0. The highest BCUT2D eigenvalue weighted by molar-refractivity contribution is 9.10. The van der Waals surface area contributed by atoms with Gasteiger partial charge in [0.2, 0.25) is 11.8 Å². The fraction of sp³-hybridized carbons (Fsp3) is 0.143. The maximum atomic E-state index is 10.9. The Bertz CT molecular complexity index is 1360. The number of benzene rings is 1. The highest BCUT2D eigenvalue weighted by Gasteiger charge is 2.17. The number of anilines is 3. The van der Waals surface area contributed by atoms with E-state index >= 15 is 0 Å². The number of pyridine rings is 1. The number of aromatic amines is 1. The van der Waals surface area contributed by atoms with Crippen LogP contribution in [-0.2, 0) is 0 Å². The van der Waals surface area contributed by atoms with Crippen LogP contribution in [-0.4, -0.2) is 42.9 Å². The van der Waals surface area contributed by atoms with Gasteiger partial charge in [-0.3, -0.25) is 10.1 Å². The van der Waals surface area contributed by atoms with Crippen molar-refractivity contribution in [1.82, 2.24) is 24.9 Å². The van der Waals surface area contributed by atoms with Gasteiger partial charge in [0, 0.05) is 41.6 Å². The molecule has 0 atom stereocenters. The minimum absolute atomic E-state index is 0.147. The van der Waals surface area contributed by atoms with E-state index in [0.29, 0.717) is 47.0 Å². The zero-order valence-electron chi connectivity index (χ0n) is 17.8. The van der Waals surface area contributed by atoms with Crippen LogP contribution in [0.5, 0.6) is 0 Å². The van der Waals surface area contributed by atoms with E-state index in [0.717, 1.165) is 15.7 Å². The summed E-state index contributed by atoms with van der Waals surface area (Å²) in [5.74, 6) is 1.32. The molecule has 0 amide bonds. The quantitative estimate of drug-likeness (QED) is 0.140. The Hall–Kier alpha value is -3.77. The lowest BCUT2D eigenvalue weighted by atomic mass is 10.1. The topological polar surface area (TPSA) is 161 Å². The van der Waals surface area contributed by atoms with Gasteiger partial charge in [0.1, 0.15) is 11.6 Å². The van der Waals surface area contributed by atoms with Gasteiger partial charge < -0.3 is 21.4 Å². The molecular weight excluding hydrogens is 526 g/mol. The first-order valence-corrected chi connectivity index (χ1v) is 11.2. The predicted molar refractivity (Wildman–Crippen MR) is 135 cm³/mol. The molecule has 0 fully saturated rings. The van der Waals surface area contributed by atoms with E-state index in [9.17, 15) is 10.1 Å². The number of aryl methyl sites for hydroxylation is 1. The molecule has 1 aromatic carbocycles. The summed E-state index contributed by atoms with van der Waals surface area (Å²) in [5.41, 5.74) is 8.32. The smallest absolute Gasteiger partial charge is 0.311 e. The number of nitrogen functional groups attached to an aromatic ring is 1. The lowest BCUT2D eigenvalue weighted by Gasteiger charge is -2.12. The molecule has 3 heterocycles. The Morgan fingerprint density at radius 3 is 2.62 bits per heavy atom. The molecule has 13 heteroatoms. The molecule has 3 aromatic heterocycles. The van der Waals surface area contributed by atoms with Crippen molar-refractivity contribution < 1.29 is 4.92 Å². The lowest BCUT2D eigenvalue weighted by Crippen LogP contribution is -2.16. The SMILES string of the molecule is Cc1c[nH]c(-c2cnc(NCCNc3ccc([N+](=O)[O-])c(N)n3)nc2-c2ccc(Br)cc2Cl)n1. The molecule has 34 heavy (non-hydrogen) atoms. The number of halogens is 2. The Morgan fingerprint density at radius 1 is 1.15 bits per heavy atom. The summed E-state index contributed by atoms with van der Waals surface area (Å²) in [5, 5.41) is 17.6. The number of nitro groups is 1. The van der Waals surface area contributed by atoms with E-state index in [-0.39, 0.29) is 11.5 Å². The first-order chi connectivity index (χ1) is 16.3. The summed E-state index contributed by atoms with van der Waals surface area (Å²) in [4.78, 5) is 31.0. The van der Waals surface area contributed by atoms with E-state index in [1.165, 1.54) is 12.1 Å². The fourth-order valence-corrected chi connectivity index (χ4v) is 3.93. The number of rotatable bonds is 8. The molecule has 0 aliphatic heterocycles. The Labute approximate surface area is 207 Å². The van der Waals surface area contributed by atoms with Crippen LogP contribution in [0.25, 0.3) is 22.6 Å². The predicted octanol–water partition coefficient (Wildman–Crippen LogP) is 4.67. The van der Waals surface area contributed by atoms with Crippen LogP contribution in [0.2, 0.25) is 5.02 Å². The van der Waals surface area contributed by atoms with Gasteiger partial charge in [0.05, 0.1) is 26.9 Å². The van der Waals surface area contributed by atoms with Gasteiger partial charge in [-0.05, 0) is 25.1 Å². The molecule has 0 saturated carbocycles. The summed E-state index contributed by atoms with van der Waals surface area (Å²) in [7, 11) is 0. The summed E-state index contributed by atoms with van der Waals surface area (Å²) < 4.78 is 0.857. The van der Waals surface area contributed by atoms with E-state index < -0.39 is 4.92 Å². The third-order valence-corrected chi connectivity index (χ3v) is 5.56. The van der Waals surface area contributed by atoms with Crippen molar-refractivity contribution in [2.75, 3.05) is 29.5 Å². The largest absolute Gasteiger partial charge is 0.378 e. The van der Waals surface area contributed by atoms with Gasteiger partial charge in [0.15, 0.2) is 0 Å². The van der Waals surface area contributed by atoms with Gasteiger partial charge in [-0.25, -0.2) is 19.9 Å². The van der Waals surface area contributed by atoms with Crippen molar-refractivity contribution in [1.29, 1.82) is 0 Å². The molecule has 0 aliphatic carbocycles. The molecule has 4 rings (SSSR count).